The van der Waals surface area contributed by atoms with Crippen molar-refractivity contribution in [1.82, 2.24) is 10.2 Å². The van der Waals surface area contributed by atoms with Crippen molar-refractivity contribution in [3.63, 3.8) is 0 Å². The van der Waals surface area contributed by atoms with E-state index in [0.29, 0.717) is 11.7 Å². The molecule has 25 heavy (non-hydrogen) atoms. The SMILES string of the molecule is O=C(Cc1ccc(-c2ccc(F)cc2)cc1)Nc1cc(C2CC2)[nH]n1. The Balaban J connectivity index is 1.38. The van der Waals surface area contributed by atoms with Crippen LogP contribution in [0.25, 0.3) is 11.1 Å². The fourth-order valence-electron chi connectivity index (χ4n) is 2.83. The lowest BCUT2D eigenvalue weighted by molar-refractivity contribution is -0.115. The van der Waals surface area contributed by atoms with Crippen LogP contribution in [0.3, 0.4) is 0 Å². The number of hydrogen-bond donors (Lipinski definition) is 2. The lowest BCUT2D eigenvalue weighted by Crippen LogP contribution is -2.14. The number of halogens is 1. The summed E-state index contributed by atoms with van der Waals surface area (Å²) in [6.07, 6.45) is 2.67. The molecule has 1 aliphatic carbocycles. The van der Waals surface area contributed by atoms with E-state index in [-0.39, 0.29) is 18.1 Å². The van der Waals surface area contributed by atoms with E-state index < -0.39 is 0 Å². The molecule has 0 bridgehead atoms. The van der Waals surface area contributed by atoms with Crippen molar-refractivity contribution in [3.8, 4) is 11.1 Å². The van der Waals surface area contributed by atoms with Gasteiger partial charge in [-0.2, -0.15) is 5.10 Å². The molecule has 0 spiro atoms. The van der Waals surface area contributed by atoms with E-state index in [1.165, 1.54) is 25.0 Å². The van der Waals surface area contributed by atoms with Crippen molar-refractivity contribution < 1.29 is 9.18 Å². The summed E-state index contributed by atoms with van der Waals surface area (Å²) in [4.78, 5) is 12.2. The number of carbonyl (C=O) groups excluding carboxylic acids is 1. The van der Waals surface area contributed by atoms with Gasteiger partial charge in [-0.05, 0) is 41.7 Å². The first kappa shape index (κ1) is 15.6. The molecular weight excluding hydrogens is 317 g/mol. The first-order valence-corrected chi connectivity index (χ1v) is 8.37. The van der Waals surface area contributed by atoms with Crippen LogP contribution in [-0.2, 0) is 11.2 Å². The van der Waals surface area contributed by atoms with Crippen LogP contribution >= 0.6 is 0 Å². The average molecular weight is 335 g/mol. The van der Waals surface area contributed by atoms with Gasteiger partial charge < -0.3 is 5.32 Å². The first-order valence-electron chi connectivity index (χ1n) is 8.37. The summed E-state index contributed by atoms with van der Waals surface area (Å²) in [5.74, 6) is 0.815. The number of aromatic amines is 1. The molecule has 0 atom stereocenters. The molecule has 0 unspecified atom stereocenters. The van der Waals surface area contributed by atoms with Crippen molar-refractivity contribution in [2.45, 2.75) is 25.2 Å². The maximum absolute atomic E-state index is 13.0. The third-order valence-electron chi connectivity index (χ3n) is 4.38. The highest BCUT2D eigenvalue weighted by atomic mass is 19.1. The molecule has 0 saturated heterocycles. The standard InChI is InChI=1S/C20H18FN3O/c21-17-9-7-15(8-10-17)14-3-1-13(2-4-14)11-20(25)22-19-12-18(23-24-19)16-5-6-16/h1-4,7-10,12,16H,5-6,11H2,(H2,22,23,24,25). The van der Waals surface area contributed by atoms with Crippen molar-refractivity contribution in [1.29, 1.82) is 0 Å². The minimum absolute atomic E-state index is 0.0941. The number of aromatic nitrogens is 2. The van der Waals surface area contributed by atoms with E-state index in [0.717, 1.165) is 22.4 Å². The Morgan fingerprint density at radius 3 is 2.36 bits per heavy atom. The first-order chi connectivity index (χ1) is 12.2. The van der Waals surface area contributed by atoms with Gasteiger partial charge in [-0.25, -0.2) is 4.39 Å². The zero-order valence-electron chi connectivity index (χ0n) is 13.6. The van der Waals surface area contributed by atoms with Crippen molar-refractivity contribution >= 4 is 11.7 Å². The summed E-state index contributed by atoms with van der Waals surface area (Å²) < 4.78 is 13.0. The lowest BCUT2D eigenvalue weighted by atomic mass is 10.0. The van der Waals surface area contributed by atoms with E-state index in [1.807, 2.05) is 30.3 Å². The largest absolute Gasteiger partial charge is 0.309 e. The lowest BCUT2D eigenvalue weighted by Gasteiger charge is -2.05. The fourth-order valence-corrected chi connectivity index (χ4v) is 2.83. The Labute approximate surface area is 145 Å². The molecule has 1 amide bonds. The summed E-state index contributed by atoms with van der Waals surface area (Å²) in [7, 11) is 0. The minimum Gasteiger partial charge on any atom is -0.309 e. The molecule has 0 radical (unpaired) electrons. The Kier molecular flexibility index (Phi) is 4.06. The Bertz CT molecular complexity index is 880. The van der Waals surface area contributed by atoms with Crippen LogP contribution in [0, 0.1) is 5.82 Å². The molecule has 0 aliphatic heterocycles. The van der Waals surface area contributed by atoms with E-state index in [1.54, 1.807) is 12.1 Å². The van der Waals surface area contributed by atoms with Gasteiger partial charge in [0.05, 0.1) is 6.42 Å². The average Bonchev–Trinajstić information content (AvgIpc) is 3.36. The molecule has 1 fully saturated rings. The zero-order chi connectivity index (χ0) is 17.2. The number of hydrogen-bond acceptors (Lipinski definition) is 2. The van der Waals surface area contributed by atoms with Gasteiger partial charge in [0.25, 0.3) is 0 Å². The number of nitrogens with zero attached hydrogens (tertiary/aromatic N) is 1. The van der Waals surface area contributed by atoms with Gasteiger partial charge in [0, 0.05) is 17.7 Å². The summed E-state index contributed by atoms with van der Waals surface area (Å²) in [5, 5.41) is 9.93. The molecule has 126 valence electrons. The topological polar surface area (TPSA) is 57.8 Å². The van der Waals surface area contributed by atoms with Crippen molar-refractivity contribution in [3.05, 3.63) is 71.7 Å². The molecule has 2 N–H and O–H groups in total. The predicted molar refractivity (Wildman–Crippen MR) is 94.7 cm³/mol. The second kappa shape index (κ2) is 6.51. The second-order valence-electron chi connectivity index (χ2n) is 6.41. The molecule has 1 saturated carbocycles. The highest BCUT2D eigenvalue weighted by Gasteiger charge is 2.25. The second-order valence-corrected chi connectivity index (χ2v) is 6.41. The third-order valence-corrected chi connectivity index (χ3v) is 4.38. The van der Waals surface area contributed by atoms with Crippen molar-refractivity contribution in [2.24, 2.45) is 0 Å². The van der Waals surface area contributed by atoms with Crippen LogP contribution in [0.2, 0.25) is 0 Å². The Hall–Kier alpha value is -2.95. The molecule has 1 aliphatic rings. The van der Waals surface area contributed by atoms with Gasteiger partial charge >= 0.3 is 0 Å². The molecule has 5 heteroatoms. The summed E-state index contributed by atoms with van der Waals surface area (Å²) in [5.41, 5.74) is 3.95. The fraction of sp³-hybridized carbons (Fsp3) is 0.200. The number of benzene rings is 2. The highest BCUT2D eigenvalue weighted by Crippen LogP contribution is 2.39. The van der Waals surface area contributed by atoms with E-state index in [4.69, 9.17) is 0 Å². The Morgan fingerprint density at radius 2 is 1.72 bits per heavy atom. The van der Waals surface area contributed by atoms with Gasteiger partial charge in [0.15, 0.2) is 5.82 Å². The molecule has 3 aromatic rings. The van der Waals surface area contributed by atoms with Crippen LogP contribution < -0.4 is 5.32 Å². The molecule has 2 aromatic carbocycles. The molecular formula is C20H18FN3O. The molecule has 1 heterocycles. The normalized spacial score (nSPS) is 13.6. The highest BCUT2D eigenvalue weighted by molar-refractivity contribution is 5.91. The molecule has 4 nitrogen and oxygen atoms in total. The number of nitrogens with one attached hydrogen (secondary N) is 2. The van der Waals surface area contributed by atoms with Crippen LogP contribution in [0.15, 0.2) is 54.6 Å². The van der Waals surface area contributed by atoms with Gasteiger partial charge in [-0.1, -0.05) is 36.4 Å². The van der Waals surface area contributed by atoms with Gasteiger partial charge in [0.2, 0.25) is 5.91 Å². The minimum atomic E-state index is -0.250. The van der Waals surface area contributed by atoms with E-state index in [2.05, 4.69) is 15.5 Å². The van der Waals surface area contributed by atoms with Crippen LogP contribution in [0.4, 0.5) is 10.2 Å². The zero-order valence-corrected chi connectivity index (χ0v) is 13.6. The monoisotopic (exact) mass is 335 g/mol. The van der Waals surface area contributed by atoms with E-state index >= 15 is 0 Å². The van der Waals surface area contributed by atoms with Crippen LogP contribution in [-0.4, -0.2) is 16.1 Å². The maximum Gasteiger partial charge on any atom is 0.229 e. The number of H-pyrrole nitrogens is 1. The number of amides is 1. The van der Waals surface area contributed by atoms with Gasteiger partial charge in [-0.3, -0.25) is 9.89 Å². The molecule has 1 aromatic heterocycles. The maximum atomic E-state index is 13.0. The summed E-state index contributed by atoms with van der Waals surface area (Å²) in [6.45, 7) is 0. The molecule has 4 rings (SSSR count). The predicted octanol–water partition coefficient (Wildman–Crippen LogP) is 4.27. The van der Waals surface area contributed by atoms with Crippen molar-refractivity contribution in [2.75, 3.05) is 5.32 Å². The quantitative estimate of drug-likeness (QED) is 0.731. The van der Waals surface area contributed by atoms with Crippen LogP contribution in [0.5, 0.6) is 0 Å². The van der Waals surface area contributed by atoms with Gasteiger partial charge in [0.1, 0.15) is 5.82 Å². The Morgan fingerprint density at radius 1 is 1.08 bits per heavy atom. The van der Waals surface area contributed by atoms with Gasteiger partial charge in [-0.15, -0.1) is 0 Å². The number of anilines is 1. The number of carbonyl (C=O) groups is 1. The van der Waals surface area contributed by atoms with Crippen LogP contribution in [0.1, 0.15) is 30.0 Å². The summed E-state index contributed by atoms with van der Waals surface area (Å²) in [6, 6.07) is 16.0. The van der Waals surface area contributed by atoms with E-state index in [9.17, 15) is 9.18 Å². The summed E-state index contributed by atoms with van der Waals surface area (Å²) >= 11 is 0. The number of rotatable bonds is 5. The third kappa shape index (κ3) is 3.76. The smallest absolute Gasteiger partial charge is 0.229 e.